The summed E-state index contributed by atoms with van der Waals surface area (Å²) in [6, 6.07) is 11.9. The van der Waals surface area contributed by atoms with Crippen LogP contribution in [-0.4, -0.2) is 56.1 Å². The number of piperidine rings is 1. The van der Waals surface area contributed by atoms with E-state index in [9.17, 15) is 4.79 Å². The fourth-order valence-corrected chi connectivity index (χ4v) is 3.31. The van der Waals surface area contributed by atoms with E-state index in [0.29, 0.717) is 17.9 Å². The van der Waals surface area contributed by atoms with Crippen LogP contribution in [0, 0.1) is 5.92 Å². The van der Waals surface area contributed by atoms with Crippen LogP contribution in [0.1, 0.15) is 30.1 Å². The van der Waals surface area contributed by atoms with Crippen LogP contribution in [0.25, 0.3) is 0 Å². The molecule has 0 spiro atoms. The van der Waals surface area contributed by atoms with Crippen LogP contribution in [-0.2, 0) is 0 Å². The topological polar surface area (TPSA) is 60.5 Å². The monoisotopic (exact) mass is 381 g/mol. The van der Waals surface area contributed by atoms with Gasteiger partial charge in [0, 0.05) is 49.3 Å². The standard InChI is InChI=1S/C22H31N5O/c1-17-9-13-27(14-10-17)20-6-4-19(5-7-20)25-21-16-18(8-11-23-21)22(28)24-12-15-26(2)3/h4-8,11,16-17H,9-10,12-15H2,1-3H3,(H,23,25)(H,24,28). The van der Waals surface area contributed by atoms with Gasteiger partial charge in [-0.2, -0.15) is 0 Å². The van der Waals surface area contributed by atoms with E-state index >= 15 is 0 Å². The van der Waals surface area contributed by atoms with Gasteiger partial charge in [0.1, 0.15) is 5.82 Å². The van der Waals surface area contributed by atoms with Crippen LogP contribution in [0.2, 0.25) is 0 Å². The fraction of sp³-hybridized carbons (Fsp3) is 0.455. The molecule has 0 atom stereocenters. The average molecular weight is 382 g/mol. The molecule has 0 unspecified atom stereocenters. The summed E-state index contributed by atoms with van der Waals surface area (Å²) in [4.78, 5) is 21.1. The third kappa shape index (κ3) is 5.70. The minimum atomic E-state index is -0.0815. The zero-order chi connectivity index (χ0) is 19.9. The van der Waals surface area contributed by atoms with Crippen molar-refractivity contribution in [3.63, 3.8) is 0 Å². The summed E-state index contributed by atoms with van der Waals surface area (Å²) >= 11 is 0. The molecule has 6 heteroatoms. The molecule has 0 saturated carbocycles. The molecule has 2 aromatic rings. The molecule has 150 valence electrons. The van der Waals surface area contributed by atoms with Crippen LogP contribution in [0.15, 0.2) is 42.6 Å². The number of amides is 1. The zero-order valence-electron chi connectivity index (χ0n) is 17.1. The van der Waals surface area contributed by atoms with Gasteiger partial charge in [0.2, 0.25) is 0 Å². The maximum atomic E-state index is 12.3. The van der Waals surface area contributed by atoms with Crippen molar-refractivity contribution in [3.8, 4) is 0 Å². The molecule has 1 aliphatic heterocycles. The molecular weight excluding hydrogens is 350 g/mol. The quantitative estimate of drug-likeness (QED) is 0.770. The Balaban J connectivity index is 1.58. The van der Waals surface area contributed by atoms with Gasteiger partial charge >= 0.3 is 0 Å². The number of carbonyl (C=O) groups excluding carboxylic acids is 1. The summed E-state index contributed by atoms with van der Waals surface area (Å²) in [7, 11) is 3.97. The molecule has 2 heterocycles. The Morgan fingerprint density at radius 1 is 1.18 bits per heavy atom. The molecule has 1 fully saturated rings. The summed E-state index contributed by atoms with van der Waals surface area (Å²) in [6.45, 7) is 6.01. The normalized spacial score (nSPS) is 14.9. The number of likely N-dealkylation sites (N-methyl/N-ethyl adjacent to an activating group) is 1. The Kier molecular flexibility index (Phi) is 6.87. The summed E-state index contributed by atoms with van der Waals surface area (Å²) in [5.41, 5.74) is 2.83. The average Bonchev–Trinajstić information content (AvgIpc) is 2.69. The largest absolute Gasteiger partial charge is 0.372 e. The molecule has 2 N–H and O–H groups in total. The second kappa shape index (κ2) is 9.55. The first-order valence-corrected chi connectivity index (χ1v) is 10.0. The van der Waals surface area contributed by atoms with Crippen LogP contribution in [0.5, 0.6) is 0 Å². The highest BCUT2D eigenvalue weighted by Gasteiger charge is 2.15. The number of nitrogens with zero attached hydrogens (tertiary/aromatic N) is 3. The van der Waals surface area contributed by atoms with Crippen molar-refractivity contribution in [1.82, 2.24) is 15.2 Å². The Morgan fingerprint density at radius 2 is 1.89 bits per heavy atom. The van der Waals surface area contributed by atoms with Gasteiger partial charge < -0.3 is 20.4 Å². The van der Waals surface area contributed by atoms with E-state index in [4.69, 9.17) is 0 Å². The predicted molar refractivity (Wildman–Crippen MR) is 115 cm³/mol. The first-order chi connectivity index (χ1) is 13.5. The molecule has 1 aromatic carbocycles. The highest BCUT2D eigenvalue weighted by atomic mass is 16.1. The molecular formula is C22H31N5O. The summed E-state index contributed by atoms with van der Waals surface area (Å²) in [5, 5.41) is 6.22. The Labute approximate surface area is 167 Å². The van der Waals surface area contributed by atoms with E-state index in [-0.39, 0.29) is 5.91 Å². The van der Waals surface area contributed by atoms with Crippen LogP contribution in [0.3, 0.4) is 0 Å². The lowest BCUT2D eigenvalue weighted by Gasteiger charge is -2.32. The Morgan fingerprint density at radius 3 is 2.57 bits per heavy atom. The highest BCUT2D eigenvalue weighted by molar-refractivity contribution is 5.94. The van der Waals surface area contributed by atoms with Crippen molar-refractivity contribution in [3.05, 3.63) is 48.2 Å². The summed E-state index contributed by atoms with van der Waals surface area (Å²) in [6.07, 6.45) is 4.17. The third-order valence-corrected chi connectivity index (χ3v) is 5.16. The highest BCUT2D eigenvalue weighted by Crippen LogP contribution is 2.25. The SMILES string of the molecule is CC1CCN(c2ccc(Nc3cc(C(=O)NCCN(C)C)ccn3)cc2)CC1. The Bertz CT molecular complexity index is 767. The Hall–Kier alpha value is -2.60. The minimum absolute atomic E-state index is 0.0815. The molecule has 0 radical (unpaired) electrons. The number of aromatic nitrogens is 1. The van der Waals surface area contributed by atoms with Crippen molar-refractivity contribution in [2.24, 2.45) is 5.92 Å². The number of nitrogens with one attached hydrogen (secondary N) is 2. The van der Waals surface area contributed by atoms with Crippen molar-refractivity contribution >= 4 is 23.1 Å². The molecule has 1 amide bonds. The zero-order valence-corrected chi connectivity index (χ0v) is 17.1. The minimum Gasteiger partial charge on any atom is -0.372 e. The van der Waals surface area contributed by atoms with Crippen LogP contribution >= 0.6 is 0 Å². The van der Waals surface area contributed by atoms with Gasteiger partial charge in [-0.05, 0) is 69.3 Å². The van der Waals surface area contributed by atoms with Gasteiger partial charge in [-0.3, -0.25) is 4.79 Å². The van der Waals surface area contributed by atoms with Crippen LogP contribution in [0.4, 0.5) is 17.2 Å². The van der Waals surface area contributed by atoms with Crippen molar-refractivity contribution < 1.29 is 4.79 Å². The third-order valence-electron chi connectivity index (χ3n) is 5.16. The number of benzene rings is 1. The van der Waals surface area contributed by atoms with E-state index in [1.165, 1.54) is 18.5 Å². The predicted octanol–water partition coefficient (Wildman–Crippen LogP) is 3.35. The summed E-state index contributed by atoms with van der Waals surface area (Å²) < 4.78 is 0. The molecule has 1 aromatic heterocycles. The van der Waals surface area contributed by atoms with Gasteiger partial charge in [-0.1, -0.05) is 6.92 Å². The maximum Gasteiger partial charge on any atom is 0.251 e. The smallest absolute Gasteiger partial charge is 0.251 e. The van der Waals surface area contributed by atoms with Gasteiger partial charge in [0.05, 0.1) is 0 Å². The van der Waals surface area contributed by atoms with Gasteiger partial charge in [-0.15, -0.1) is 0 Å². The first kappa shape index (κ1) is 20.1. The van der Waals surface area contributed by atoms with E-state index in [0.717, 1.165) is 31.2 Å². The molecule has 6 nitrogen and oxygen atoms in total. The molecule has 1 aliphatic rings. The first-order valence-electron chi connectivity index (χ1n) is 10.0. The van der Waals surface area contributed by atoms with Gasteiger partial charge in [-0.25, -0.2) is 4.98 Å². The van der Waals surface area contributed by atoms with Crippen molar-refractivity contribution in [2.75, 3.05) is 50.5 Å². The van der Waals surface area contributed by atoms with Gasteiger partial charge in [0.25, 0.3) is 5.91 Å². The van der Waals surface area contributed by atoms with Crippen LogP contribution < -0.4 is 15.5 Å². The molecule has 0 aliphatic carbocycles. The number of hydrogen-bond donors (Lipinski definition) is 2. The number of anilines is 3. The molecule has 3 rings (SSSR count). The number of rotatable bonds is 7. The summed E-state index contributed by atoms with van der Waals surface area (Å²) in [5.74, 6) is 1.41. The number of carbonyl (C=O) groups is 1. The second-order valence-corrected chi connectivity index (χ2v) is 7.83. The van der Waals surface area contributed by atoms with Crippen molar-refractivity contribution in [1.29, 1.82) is 0 Å². The molecule has 0 bridgehead atoms. The number of pyridine rings is 1. The lowest BCUT2D eigenvalue weighted by molar-refractivity contribution is 0.0951. The molecule has 28 heavy (non-hydrogen) atoms. The van der Waals surface area contributed by atoms with E-state index in [2.05, 4.69) is 51.7 Å². The second-order valence-electron chi connectivity index (χ2n) is 7.83. The van der Waals surface area contributed by atoms with Crippen molar-refractivity contribution in [2.45, 2.75) is 19.8 Å². The maximum absolute atomic E-state index is 12.3. The lowest BCUT2D eigenvalue weighted by Crippen LogP contribution is -2.32. The lowest BCUT2D eigenvalue weighted by atomic mass is 9.99. The number of hydrogen-bond acceptors (Lipinski definition) is 5. The molecule has 1 saturated heterocycles. The van der Waals surface area contributed by atoms with Gasteiger partial charge in [0.15, 0.2) is 0 Å². The fourth-order valence-electron chi connectivity index (χ4n) is 3.31. The van der Waals surface area contributed by atoms with E-state index < -0.39 is 0 Å². The van der Waals surface area contributed by atoms with E-state index in [1.807, 2.05) is 19.0 Å². The van der Waals surface area contributed by atoms with E-state index in [1.54, 1.807) is 18.3 Å².